The first-order valence-corrected chi connectivity index (χ1v) is 10.2. The Morgan fingerprint density at radius 1 is 1.30 bits per heavy atom. The Morgan fingerprint density at radius 2 is 2.00 bits per heavy atom. The molecule has 1 heterocycles. The number of hydrogen-bond donors (Lipinski definition) is 0. The van der Waals surface area contributed by atoms with Crippen LogP contribution in [0.4, 0.5) is 0 Å². The number of rotatable bonds is 7. The summed E-state index contributed by atoms with van der Waals surface area (Å²) in [7, 11) is 0. The van der Waals surface area contributed by atoms with E-state index in [1.807, 2.05) is 36.6 Å². The zero-order valence-corrected chi connectivity index (χ0v) is 16.6. The fraction of sp³-hybridized carbons (Fsp3) is 0.412. The molecular formula is C17H21IN2O2S. The molecule has 0 N–H and O–H groups in total. The number of nitrogens with zero attached hydrogens (tertiary/aromatic N) is 2. The molecule has 0 fully saturated rings. The van der Waals surface area contributed by atoms with E-state index in [9.17, 15) is 5.21 Å². The third kappa shape index (κ3) is 4.73. The van der Waals surface area contributed by atoms with Crippen LogP contribution in [-0.2, 0) is 17.5 Å². The summed E-state index contributed by atoms with van der Waals surface area (Å²) in [6.07, 6.45) is 2.56. The molecule has 0 unspecified atom stereocenters. The quantitative estimate of drug-likeness (QED) is 0.212. The zero-order valence-electron chi connectivity index (χ0n) is 13.6. The molecule has 4 nitrogen and oxygen atoms in total. The van der Waals surface area contributed by atoms with E-state index in [4.69, 9.17) is 4.74 Å². The molecule has 0 radical (unpaired) electrons. The van der Waals surface area contributed by atoms with Crippen LogP contribution < -0.4 is 9.47 Å². The maximum atomic E-state index is 12.7. The highest BCUT2D eigenvalue weighted by Gasteiger charge is 2.25. The number of ether oxygens (including phenoxy) is 1. The summed E-state index contributed by atoms with van der Waals surface area (Å²) in [5, 5.41) is 13.4. The van der Waals surface area contributed by atoms with E-state index in [2.05, 4.69) is 41.4 Å². The lowest BCUT2D eigenvalue weighted by Gasteiger charge is -2.16. The van der Waals surface area contributed by atoms with Gasteiger partial charge in [0.25, 0.3) is 16.6 Å². The van der Waals surface area contributed by atoms with Crippen molar-refractivity contribution in [1.82, 2.24) is 4.98 Å². The summed E-state index contributed by atoms with van der Waals surface area (Å²) < 4.78 is 7.59. The predicted octanol–water partition coefficient (Wildman–Crippen LogP) is 4.15. The lowest BCUT2D eigenvalue weighted by Crippen LogP contribution is -2.37. The van der Waals surface area contributed by atoms with E-state index >= 15 is 0 Å². The van der Waals surface area contributed by atoms with E-state index in [1.165, 1.54) is 11.8 Å². The summed E-state index contributed by atoms with van der Waals surface area (Å²) >= 11 is 3.67. The Hall–Kier alpha value is -1.02. The van der Waals surface area contributed by atoms with Gasteiger partial charge in [-0.05, 0) is 17.7 Å². The van der Waals surface area contributed by atoms with Gasteiger partial charge >= 0.3 is 0 Å². The number of halogens is 1. The average Bonchev–Trinajstić information content (AvgIpc) is 2.55. The van der Waals surface area contributed by atoms with Crippen LogP contribution >= 0.6 is 34.4 Å². The molecule has 0 bridgehead atoms. The topological polar surface area (TPSA) is 49.1 Å². The van der Waals surface area contributed by atoms with Gasteiger partial charge in [0.2, 0.25) is 0 Å². The first-order chi connectivity index (χ1) is 11.1. The SMILES string of the molecule is CSc1c(CI)nc(OCc2ccccc2)c(CC(C)C)[n+]1[O-]. The molecule has 0 aliphatic heterocycles. The molecular weight excluding hydrogens is 423 g/mol. The van der Waals surface area contributed by atoms with E-state index in [0.717, 1.165) is 16.0 Å². The van der Waals surface area contributed by atoms with Crippen LogP contribution in [0.5, 0.6) is 5.88 Å². The smallest absolute Gasteiger partial charge is 0.285 e. The molecule has 6 heteroatoms. The number of thioether (sulfide) groups is 1. The van der Waals surface area contributed by atoms with Crippen LogP contribution in [0.25, 0.3) is 0 Å². The third-order valence-corrected chi connectivity index (χ3v) is 4.81. The van der Waals surface area contributed by atoms with Crippen molar-refractivity contribution in [2.75, 3.05) is 6.26 Å². The van der Waals surface area contributed by atoms with Gasteiger partial charge in [-0.15, -0.1) is 0 Å². The van der Waals surface area contributed by atoms with Crippen molar-refractivity contribution >= 4 is 34.4 Å². The van der Waals surface area contributed by atoms with Crippen molar-refractivity contribution in [2.24, 2.45) is 5.92 Å². The van der Waals surface area contributed by atoms with Crippen LogP contribution in [0.3, 0.4) is 0 Å². The van der Waals surface area contributed by atoms with Crippen molar-refractivity contribution in [3.05, 3.63) is 52.5 Å². The Morgan fingerprint density at radius 3 is 2.57 bits per heavy atom. The van der Waals surface area contributed by atoms with Gasteiger partial charge in [0.15, 0.2) is 0 Å². The Labute approximate surface area is 155 Å². The lowest BCUT2D eigenvalue weighted by atomic mass is 10.1. The van der Waals surface area contributed by atoms with Crippen LogP contribution in [0, 0.1) is 11.1 Å². The number of aromatic nitrogens is 2. The van der Waals surface area contributed by atoms with Gasteiger partial charge in [0.1, 0.15) is 12.3 Å². The first kappa shape index (κ1) is 18.3. The van der Waals surface area contributed by atoms with E-state index in [-0.39, 0.29) is 0 Å². The number of benzene rings is 1. The molecule has 124 valence electrons. The summed E-state index contributed by atoms with van der Waals surface area (Å²) in [5.41, 5.74) is 2.46. The van der Waals surface area contributed by atoms with Crippen LogP contribution in [0.1, 0.15) is 30.8 Å². The molecule has 1 aromatic carbocycles. The van der Waals surface area contributed by atoms with Gasteiger partial charge < -0.3 is 9.94 Å². The average molecular weight is 444 g/mol. The molecule has 0 atom stereocenters. The second-order valence-electron chi connectivity index (χ2n) is 5.62. The standard InChI is InChI=1S/C17H21IN2O2S/c1-12(2)9-15-16(22-11-13-7-5-4-6-8-13)19-14(10-18)17(23-3)20(15)21/h4-8,12H,9-11H2,1-3H3. The zero-order chi connectivity index (χ0) is 16.8. The minimum absolute atomic E-state index is 0.358. The molecule has 2 rings (SSSR count). The van der Waals surface area contributed by atoms with Gasteiger partial charge in [0.05, 0.1) is 0 Å². The molecule has 2 aromatic rings. The fourth-order valence-electron chi connectivity index (χ4n) is 2.25. The second kappa shape index (κ2) is 8.73. The maximum Gasteiger partial charge on any atom is 0.285 e. The van der Waals surface area contributed by atoms with Crippen molar-refractivity contribution in [3.8, 4) is 5.88 Å². The first-order valence-electron chi connectivity index (χ1n) is 7.48. The molecule has 0 amide bonds. The van der Waals surface area contributed by atoms with Gasteiger partial charge in [-0.25, -0.2) is 4.98 Å². The molecule has 1 aromatic heterocycles. The molecule has 0 spiro atoms. The number of hydrogen-bond acceptors (Lipinski definition) is 4. The van der Waals surface area contributed by atoms with Crippen molar-refractivity contribution in [3.63, 3.8) is 0 Å². The molecule has 23 heavy (non-hydrogen) atoms. The van der Waals surface area contributed by atoms with Gasteiger partial charge in [-0.1, -0.05) is 78.5 Å². The Balaban J connectivity index is 2.37. The highest BCUT2D eigenvalue weighted by Crippen LogP contribution is 2.25. The third-order valence-electron chi connectivity index (χ3n) is 3.30. The highest BCUT2D eigenvalue weighted by molar-refractivity contribution is 14.1. The van der Waals surface area contributed by atoms with Crippen molar-refractivity contribution < 1.29 is 9.47 Å². The monoisotopic (exact) mass is 444 g/mol. The molecule has 0 saturated carbocycles. The second-order valence-corrected chi connectivity index (χ2v) is 7.18. The highest BCUT2D eigenvalue weighted by atomic mass is 127. The Kier molecular flexibility index (Phi) is 6.95. The van der Waals surface area contributed by atoms with E-state index < -0.39 is 0 Å². The summed E-state index contributed by atoms with van der Waals surface area (Å²) in [5.74, 6) is 0.818. The molecule has 0 saturated heterocycles. The van der Waals surface area contributed by atoms with Crippen LogP contribution in [0.15, 0.2) is 35.4 Å². The van der Waals surface area contributed by atoms with Crippen LogP contribution in [-0.4, -0.2) is 11.2 Å². The van der Waals surface area contributed by atoms with Gasteiger partial charge in [0, 0.05) is 10.8 Å². The molecule has 0 aliphatic carbocycles. The summed E-state index contributed by atoms with van der Waals surface area (Å²) in [6, 6.07) is 9.93. The summed E-state index contributed by atoms with van der Waals surface area (Å²) in [6.45, 7) is 4.59. The Bertz CT molecular complexity index is 651. The van der Waals surface area contributed by atoms with E-state index in [0.29, 0.717) is 40.0 Å². The van der Waals surface area contributed by atoms with Crippen molar-refractivity contribution in [2.45, 2.75) is 36.3 Å². The normalized spacial score (nSPS) is 11.0. The fourth-order valence-corrected chi connectivity index (χ4v) is 3.67. The number of alkyl halides is 1. The predicted molar refractivity (Wildman–Crippen MR) is 102 cm³/mol. The maximum absolute atomic E-state index is 12.7. The largest absolute Gasteiger partial charge is 0.618 e. The molecule has 0 aliphatic rings. The lowest BCUT2D eigenvalue weighted by molar-refractivity contribution is -0.655. The minimum Gasteiger partial charge on any atom is -0.618 e. The van der Waals surface area contributed by atoms with Crippen molar-refractivity contribution in [1.29, 1.82) is 0 Å². The van der Waals surface area contributed by atoms with Gasteiger partial charge in [-0.3, -0.25) is 0 Å². The van der Waals surface area contributed by atoms with Crippen LogP contribution in [0.2, 0.25) is 0 Å². The van der Waals surface area contributed by atoms with Gasteiger partial charge in [-0.2, -0.15) is 4.73 Å². The minimum atomic E-state index is 0.358. The summed E-state index contributed by atoms with van der Waals surface area (Å²) in [4.78, 5) is 4.62. The van der Waals surface area contributed by atoms with E-state index in [1.54, 1.807) is 0 Å².